The molecule has 0 amide bonds. The minimum atomic E-state index is -0.811. The molecule has 0 bridgehead atoms. The summed E-state index contributed by atoms with van der Waals surface area (Å²) in [5, 5.41) is 8.74. The van der Waals surface area contributed by atoms with Crippen LogP contribution in [0.3, 0.4) is 0 Å². The molecular formula is C20H30N4O7. The second-order valence-corrected chi connectivity index (χ2v) is 8.46. The third kappa shape index (κ3) is 5.22. The van der Waals surface area contributed by atoms with Crippen LogP contribution < -0.4 is 10.6 Å². The van der Waals surface area contributed by atoms with E-state index < -0.39 is 36.0 Å². The van der Waals surface area contributed by atoms with Gasteiger partial charge in [0.1, 0.15) is 24.2 Å². The second-order valence-electron chi connectivity index (χ2n) is 8.46. The van der Waals surface area contributed by atoms with Gasteiger partial charge in [0.25, 0.3) is 0 Å². The number of rotatable bonds is 6. The van der Waals surface area contributed by atoms with Crippen molar-refractivity contribution in [2.24, 2.45) is 0 Å². The monoisotopic (exact) mass is 438 g/mol. The molecule has 4 saturated heterocycles. The highest BCUT2D eigenvalue weighted by Gasteiger charge is 2.42. The van der Waals surface area contributed by atoms with Crippen LogP contribution in [0.4, 0.5) is 0 Å². The lowest BCUT2D eigenvalue weighted by Gasteiger charge is -2.26. The molecule has 0 aliphatic carbocycles. The van der Waals surface area contributed by atoms with Crippen LogP contribution >= 0.6 is 0 Å². The van der Waals surface area contributed by atoms with Crippen molar-refractivity contribution < 1.29 is 33.6 Å². The van der Waals surface area contributed by atoms with E-state index in [2.05, 4.69) is 10.6 Å². The average Bonchev–Trinajstić information content (AvgIpc) is 3.55. The molecule has 4 atom stereocenters. The predicted molar refractivity (Wildman–Crippen MR) is 105 cm³/mol. The number of hydrogen-bond donors (Lipinski definition) is 2. The Morgan fingerprint density at radius 1 is 0.613 bits per heavy atom. The zero-order chi connectivity index (χ0) is 21.8. The van der Waals surface area contributed by atoms with Gasteiger partial charge in [0.15, 0.2) is 0 Å². The van der Waals surface area contributed by atoms with E-state index in [0.29, 0.717) is 51.6 Å². The molecule has 2 N–H and O–H groups in total. The lowest BCUT2D eigenvalue weighted by atomic mass is 10.2. The lowest BCUT2D eigenvalue weighted by molar-refractivity contribution is -0.223. The van der Waals surface area contributed by atoms with Crippen LogP contribution in [-0.2, 0) is 33.6 Å². The standard InChI is InChI=1S/C20H30N4O7/c25-17(13-5-1-9-21-13)29-19(27)15-7-3-11-23(15)31-20(28)16-8-4-12-24(16)30-18(26)14-6-2-10-22-14/h13-16,21-22H,1-12H2/t13-,14+,15-,16+/m1/s1. The molecule has 0 unspecified atom stereocenters. The average molecular weight is 438 g/mol. The Hall–Kier alpha value is -2.08. The molecule has 4 rings (SSSR count). The summed E-state index contributed by atoms with van der Waals surface area (Å²) in [6.45, 7) is 2.32. The normalized spacial score (nSPS) is 31.6. The van der Waals surface area contributed by atoms with Gasteiger partial charge in [0, 0.05) is 13.1 Å². The Bertz CT molecular complexity index is 706. The van der Waals surface area contributed by atoms with Crippen molar-refractivity contribution in [2.75, 3.05) is 26.2 Å². The molecule has 0 saturated carbocycles. The lowest BCUT2D eigenvalue weighted by Crippen LogP contribution is -2.47. The fraction of sp³-hybridized carbons (Fsp3) is 0.800. The maximum absolute atomic E-state index is 12.8. The predicted octanol–water partition coefficient (Wildman–Crippen LogP) is -0.595. The van der Waals surface area contributed by atoms with Crippen LogP contribution in [0.25, 0.3) is 0 Å². The van der Waals surface area contributed by atoms with Gasteiger partial charge >= 0.3 is 23.9 Å². The summed E-state index contributed by atoms with van der Waals surface area (Å²) in [5.74, 6) is -2.26. The highest BCUT2D eigenvalue weighted by Crippen LogP contribution is 2.24. The number of hydrogen-bond acceptors (Lipinski definition) is 11. The van der Waals surface area contributed by atoms with Crippen LogP contribution in [0.1, 0.15) is 51.4 Å². The van der Waals surface area contributed by atoms with Gasteiger partial charge in [-0.1, -0.05) is 0 Å². The summed E-state index contributed by atoms with van der Waals surface area (Å²) in [6, 6.07) is -2.33. The van der Waals surface area contributed by atoms with Crippen molar-refractivity contribution in [1.82, 2.24) is 20.8 Å². The minimum absolute atomic E-state index is 0.345. The summed E-state index contributed by atoms with van der Waals surface area (Å²) < 4.78 is 5.03. The topological polar surface area (TPSA) is 127 Å². The van der Waals surface area contributed by atoms with E-state index in [4.69, 9.17) is 14.4 Å². The molecule has 11 nitrogen and oxygen atoms in total. The Kier molecular flexibility index (Phi) is 7.16. The molecule has 4 heterocycles. The van der Waals surface area contributed by atoms with Gasteiger partial charge in [0.05, 0.1) is 0 Å². The molecule has 11 heteroatoms. The fourth-order valence-electron chi connectivity index (χ4n) is 4.54. The van der Waals surface area contributed by atoms with Crippen LogP contribution in [0.5, 0.6) is 0 Å². The van der Waals surface area contributed by atoms with E-state index in [1.807, 2.05) is 0 Å². The second kappa shape index (κ2) is 10.0. The first kappa shape index (κ1) is 22.1. The Morgan fingerprint density at radius 3 is 1.68 bits per heavy atom. The molecule has 172 valence electrons. The van der Waals surface area contributed by atoms with Gasteiger partial charge in [-0.15, -0.1) is 10.1 Å². The van der Waals surface area contributed by atoms with E-state index in [-0.39, 0.29) is 12.0 Å². The molecule has 4 fully saturated rings. The van der Waals surface area contributed by atoms with Crippen molar-refractivity contribution in [3.63, 3.8) is 0 Å². The fourth-order valence-corrected chi connectivity index (χ4v) is 4.54. The Labute approximate surface area is 180 Å². The SMILES string of the molecule is O=C(ON1CCC[C@H]1C(=O)ON1CCC[C@@H]1C(=O)OC(=O)[C@H]1CCCN1)[C@@H]1CCCN1. The molecule has 0 radical (unpaired) electrons. The van der Waals surface area contributed by atoms with Gasteiger partial charge in [-0.25, -0.2) is 19.2 Å². The molecule has 0 aromatic carbocycles. The Balaban J connectivity index is 1.29. The van der Waals surface area contributed by atoms with Crippen LogP contribution in [0, 0.1) is 0 Å². The van der Waals surface area contributed by atoms with Crippen molar-refractivity contribution in [3.8, 4) is 0 Å². The number of carbonyl (C=O) groups excluding carboxylic acids is 4. The number of nitrogens with zero attached hydrogens (tertiary/aromatic N) is 2. The summed E-state index contributed by atoms with van der Waals surface area (Å²) in [5.41, 5.74) is 0. The maximum atomic E-state index is 12.8. The first-order valence-corrected chi connectivity index (χ1v) is 11.2. The molecule has 0 aromatic rings. The van der Waals surface area contributed by atoms with Crippen molar-refractivity contribution in [3.05, 3.63) is 0 Å². The molecule has 31 heavy (non-hydrogen) atoms. The quantitative estimate of drug-likeness (QED) is 0.408. The van der Waals surface area contributed by atoms with Gasteiger partial charge in [0.2, 0.25) is 0 Å². The first-order chi connectivity index (χ1) is 15.0. The van der Waals surface area contributed by atoms with E-state index in [9.17, 15) is 19.2 Å². The van der Waals surface area contributed by atoms with Gasteiger partial charge < -0.3 is 25.0 Å². The largest absolute Gasteiger partial charge is 0.391 e. The smallest absolute Gasteiger partial charge is 0.345 e. The highest BCUT2D eigenvalue weighted by atomic mass is 16.7. The van der Waals surface area contributed by atoms with Gasteiger partial charge in [-0.2, -0.15) is 0 Å². The number of nitrogens with one attached hydrogen (secondary N) is 2. The number of esters is 2. The van der Waals surface area contributed by atoms with Crippen LogP contribution in [-0.4, -0.2) is 84.4 Å². The number of carbonyl (C=O) groups is 4. The summed E-state index contributed by atoms with van der Waals surface area (Å²) in [4.78, 5) is 60.6. The molecule has 0 aromatic heterocycles. The van der Waals surface area contributed by atoms with E-state index >= 15 is 0 Å². The first-order valence-electron chi connectivity index (χ1n) is 11.2. The summed E-state index contributed by atoms with van der Waals surface area (Å²) in [6.07, 6.45) is 5.40. The molecule has 4 aliphatic rings. The molecule has 0 spiro atoms. The van der Waals surface area contributed by atoms with Crippen LogP contribution in [0.15, 0.2) is 0 Å². The maximum Gasteiger partial charge on any atom is 0.345 e. The third-order valence-corrected chi connectivity index (χ3v) is 6.26. The van der Waals surface area contributed by atoms with Crippen molar-refractivity contribution in [2.45, 2.75) is 75.5 Å². The Morgan fingerprint density at radius 2 is 1.13 bits per heavy atom. The zero-order valence-corrected chi connectivity index (χ0v) is 17.5. The van der Waals surface area contributed by atoms with E-state index in [1.165, 1.54) is 10.1 Å². The van der Waals surface area contributed by atoms with Crippen molar-refractivity contribution >= 4 is 23.9 Å². The number of hydroxylamine groups is 4. The summed E-state index contributed by atoms with van der Waals surface area (Å²) >= 11 is 0. The van der Waals surface area contributed by atoms with Gasteiger partial charge in [-0.3, -0.25) is 0 Å². The van der Waals surface area contributed by atoms with E-state index in [0.717, 1.165) is 25.9 Å². The van der Waals surface area contributed by atoms with E-state index in [1.54, 1.807) is 0 Å². The molecule has 4 aliphatic heterocycles. The third-order valence-electron chi connectivity index (χ3n) is 6.26. The molecular weight excluding hydrogens is 408 g/mol. The van der Waals surface area contributed by atoms with Gasteiger partial charge in [-0.05, 0) is 64.5 Å². The summed E-state index contributed by atoms with van der Waals surface area (Å²) in [7, 11) is 0. The van der Waals surface area contributed by atoms with Crippen LogP contribution in [0.2, 0.25) is 0 Å². The minimum Gasteiger partial charge on any atom is -0.391 e. The zero-order valence-electron chi connectivity index (χ0n) is 17.5. The number of ether oxygens (including phenoxy) is 1. The van der Waals surface area contributed by atoms with Crippen molar-refractivity contribution in [1.29, 1.82) is 0 Å². The highest BCUT2D eigenvalue weighted by molar-refractivity contribution is 5.91.